The highest BCUT2D eigenvalue weighted by Crippen LogP contribution is 2.47. The van der Waals surface area contributed by atoms with E-state index >= 15 is 0 Å². The topological polar surface area (TPSA) is 117 Å². The third kappa shape index (κ3) is 6.39. The second-order valence-corrected chi connectivity index (χ2v) is 14.0. The number of nitrogens with zero attached hydrogens (tertiary/aromatic N) is 9. The van der Waals surface area contributed by atoms with E-state index in [4.69, 9.17) is 19.2 Å². The third-order valence-electron chi connectivity index (χ3n) is 10.7. The van der Waals surface area contributed by atoms with Gasteiger partial charge in [0.2, 0.25) is 5.79 Å². The van der Waals surface area contributed by atoms with Crippen molar-refractivity contribution in [3.63, 3.8) is 0 Å². The number of rotatable bonds is 11. The molecule has 270 valence electrons. The monoisotopic (exact) mass is 703 g/mol. The van der Waals surface area contributed by atoms with Gasteiger partial charge in [0, 0.05) is 49.2 Å². The lowest BCUT2D eigenvalue weighted by atomic mass is 9.69. The van der Waals surface area contributed by atoms with Gasteiger partial charge < -0.3 is 24.0 Å². The summed E-state index contributed by atoms with van der Waals surface area (Å²) in [7, 11) is 0. The van der Waals surface area contributed by atoms with Crippen LogP contribution in [-0.4, -0.2) is 92.9 Å². The molecule has 13 nitrogen and oxygen atoms in total. The van der Waals surface area contributed by atoms with E-state index in [9.17, 15) is 4.79 Å². The SMILES string of the molecule is CCC(C)n1ncn(-c2ccc(N3CCN(c4ccc(OCC5COC(Cn6nccn6)(C6N=CC=C7C=CC=CC76C)O5)cc4)CC3)cc2)c1=O. The maximum absolute atomic E-state index is 12.8. The largest absolute Gasteiger partial charge is 0.491 e. The summed E-state index contributed by atoms with van der Waals surface area (Å²) in [4.78, 5) is 24.1. The molecule has 8 rings (SSSR count). The first-order valence-corrected chi connectivity index (χ1v) is 18.1. The van der Waals surface area contributed by atoms with E-state index in [1.165, 1.54) is 0 Å². The molecule has 13 heteroatoms. The Morgan fingerprint density at radius 2 is 1.60 bits per heavy atom. The van der Waals surface area contributed by atoms with Crippen LogP contribution >= 0.6 is 0 Å². The lowest BCUT2D eigenvalue weighted by Crippen LogP contribution is -2.55. The van der Waals surface area contributed by atoms with Crippen LogP contribution in [-0.2, 0) is 16.0 Å². The van der Waals surface area contributed by atoms with Crippen molar-refractivity contribution < 1.29 is 14.2 Å². The molecule has 0 amide bonds. The van der Waals surface area contributed by atoms with Gasteiger partial charge in [0.1, 0.15) is 37.4 Å². The van der Waals surface area contributed by atoms with Gasteiger partial charge in [-0.15, -0.1) is 0 Å². The van der Waals surface area contributed by atoms with Gasteiger partial charge in [0.15, 0.2) is 0 Å². The second-order valence-electron chi connectivity index (χ2n) is 14.0. The third-order valence-corrected chi connectivity index (χ3v) is 10.7. The van der Waals surface area contributed by atoms with E-state index in [0.29, 0.717) is 19.8 Å². The summed E-state index contributed by atoms with van der Waals surface area (Å²) in [6, 6.07) is 16.2. The van der Waals surface area contributed by atoms with E-state index in [1.807, 2.05) is 49.6 Å². The predicted molar refractivity (Wildman–Crippen MR) is 200 cm³/mol. The first-order valence-electron chi connectivity index (χ1n) is 18.1. The van der Waals surface area contributed by atoms with Gasteiger partial charge >= 0.3 is 5.69 Å². The summed E-state index contributed by atoms with van der Waals surface area (Å²) in [5.41, 5.74) is 3.77. The van der Waals surface area contributed by atoms with Gasteiger partial charge in [0.05, 0.1) is 30.7 Å². The van der Waals surface area contributed by atoms with Crippen LogP contribution in [0.25, 0.3) is 5.69 Å². The number of hydrogen-bond donors (Lipinski definition) is 0. The molecule has 5 atom stereocenters. The lowest BCUT2D eigenvalue weighted by Gasteiger charge is -2.45. The molecule has 5 unspecified atom stereocenters. The molecule has 5 heterocycles. The Hall–Kier alpha value is -5.27. The van der Waals surface area contributed by atoms with Crippen LogP contribution in [0.2, 0.25) is 0 Å². The number of hydrogen-bond acceptors (Lipinski definition) is 10. The van der Waals surface area contributed by atoms with Crippen molar-refractivity contribution in [2.45, 2.75) is 57.7 Å². The van der Waals surface area contributed by atoms with Crippen molar-refractivity contribution in [1.82, 2.24) is 29.3 Å². The minimum atomic E-state index is -1.07. The minimum Gasteiger partial charge on any atom is -0.491 e. The molecule has 4 aliphatic rings. The van der Waals surface area contributed by atoms with Gasteiger partial charge in [0.25, 0.3) is 0 Å². The van der Waals surface area contributed by atoms with E-state index in [0.717, 1.165) is 61.0 Å². The molecule has 2 aromatic heterocycles. The van der Waals surface area contributed by atoms with Gasteiger partial charge in [-0.25, -0.2) is 14.0 Å². The number of allylic oxidation sites excluding steroid dienone is 4. The Morgan fingerprint density at radius 1 is 0.923 bits per heavy atom. The zero-order valence-corrected chi connectivity index (χ0v) is 29.9. The fourth-order valence-electron chi connectivity index (χ4n) is 7.57. The van der Waals surface area contributed by atoms with Crippen molar-refractivity contribution in [1.29, 1.82) is 0 Å². The second kappa shape index (κ2) is 14.0. The van der Waals surface area contributed by atoms with E-state index in [2.05, 4.69) is 81.4 Å². The van der Waals surface area contributed by atoms with E-state index in [-0.39, 0.29) is 23.9 Å². The number of aromatic nitrogens is 6. The Bertz CT molecular complexity index is 2020. The number of fused-ring (bicyclic) bond motifs is 1. The van der Waals surface area contributed by atoms with E-state index in [1.54, 1.807) is 32.8 Å². The molecule has 1 aliphatic carbocycles. The van der Waals surface area contributed by atoms with Crippen molar-refractivity contribution in [3.05, 3.63) is 114 Å². The Morgan fingerprint density at radius 3 is 2.29 bits per heavy atom. The molecule has 2 saturated heterocycles. The molecule has 0 radical (unpaired) electrons. The summed E-state index contributed by atoms with van der Waals surface area (Å²) in [5.74, 6) is -0.294. The van der Waals surface area contributed by atoms with Gasteiger partial charge in [-0.05, 0) is 80.4 Å². The smallest absolute Gasteiger partial charge is 0.350 e. The van der Waals surface area contributed by atoms with Gasteiger partial charge in [-0.3, -0.25) is 4.99 Å². The Labute approximate surface area is 303 Å². The number of aliphatic imine (C=N–C) groups is 1. The lowest BCUT2D eigenvalue weighted by molar-refractivity contribution is -0.208. The summed E-state index contributed by atoms with van der Waals surface area (Å²) >= 11 is 0. The number of benzene rings is 2. The van der Waals surface area contributed by atoms with Crippen molar-refractivity contribution in [3.8, 4) is 11.4 Å². The first-order chi connectivity index (χ1) is 25.3. The van der Waals surface area contributed by atoms with Crippen LogP contribution < -0.4 is 20.2 Å². The number of anilines is 2. The Kier molecular flexibility index (Phi) is 9.14. The number of piperazine rings is 1. The standard InChI is InChI=1S/C39H45N9O4/c1-4-29(2)48-37(49)46(28-43-48)33-10-8-31(9-11-33)44-21-23-45(24-22-44)32-12-14-34(15-13-32)50-25-35-26-51-39(52-35,27-47-41-19-20-42-47)36-38(3)17-6-5-7-30(38)16-18-40-36/h5-20,28-29,35-36H,4,21-27H2,1-3H3. The van der Waals surface area contributed by atoms with Crippen LogP contribution in [0.5, 0.6) is 5.75 Å². The first kappa shape index (κ1) is 33.9. The summed E-state index contributed by atoms with van der Waals surface area (Å²) < 4.78 is 22.7. The average Bonchev–Trinajstić information content (AvgIpc) is 3.95. The van der Waals surface area contributed by atoms with E-state index < -0.39 is 11.2 Å². The molecule has 0 spiro atoms. The molecule has 2 aromatic carbocycles. The average molecular weight is 704 g/mol. The summed E-state index contributed by atoms with van der Waals surface area (Å²) in [6.45, 7) is 10.8. The highest BCUT2D eigenvalue weighted by Gasteiger charge is 2.57. The summed E-state index contributed by atoms with van der Waals surface area (Å²) in [5, 5.41) is 13.0. The molecule has 3 aliphatic heterocycles. The molecular formula is C39H45N9O4. The maximum Gasteiger partial charge on any atom is 0.350 e. The van der Waals surface area contributed by atoms with Crippen LogP contribution in [0.15, 0.2) is 113 Å². The molecule has 52 heavy (non-hydrogen) atoms. The number of ether oxygens (including phenoxy) is 3. The molecule has 4 aromatic rings. The van der Waals surface area contributed by atoms with Gasteiger partial charge in [-0.1, -0.05) is 31.2 Å². The molecular weight excluding hydrogens is 658 g/mol. The maximum atomic E-state index is 12.8. The molecule has 0 saturated carbocycles. The fraction of sp³-hybridized carbons (Fsp3) is 0.410. The zero-order valence-electron chi connectivity index (χ0n) is 29.9. The summed E-state index contributed by atoms with van der Waals surface area (Å²) in [6.07, 6.45) is 17.8. The zero-order chi connectivity index (χ0) is 35.7. The van der Waals surface area contributed by atoms with Crippen molar-refractivity contribution in [2.24, 2.45) is 10.4 Å². The highest BCUT2D eigenvalue weighted by molar-refractivity contribution is 5.76. The highest BCUT2D eigenvalue weighted by atomic mass is 16.8. The molecule has 0 N–H and O–H groups in total. The quantitative estimate of drug-likeness (QED) is 0.221. The minimum absolute atomic E-state index is 0.0675. The molecule has 0 bridgehead atoms. The predicted octanol–water partition coefficient (Wildman–Crippen LogP) is 4.63. The fourth-order valence-corrected chi connectivity index (χ4v) is 7.57. The molecule has 2 fully saturated rings. The van der Waals surface area contributed by atoms with Crippen LogP contribution in [0.1, 0.15) is 33.2 Å². The number of dihydropyridines is 1. The van der Waals surface area contributed by atoms with Crippen LogP contribution in [0.4, 0.5) is 11.4 Å². The van der Waals surface area contributed by atoms with Crippen molar-refractivity contribution in [2.75, 3.05) is 49.2 Å². The van der Waals surface area contributed by atoms with Crippen molar-refractivity contribution >= 4 is 17.6 Å². The Balaban J connectivity index is 0.861. The normalized spacial score (nSPS) is 26.0. The van der Waals surface area contributed by atoms with Gasteiger partial charge in [-0.2, -0.15) is 20.1 Å². The van der Waals surface area contributed by atoms with Crippen LogP contribution in [0.3, 0.4) is 0 Å². The van der Waals surface area contributed by atoms with Crippen LogP contribution in [0, 0.1) is 5.41 Å².